The molecule has 100 valence electrons. The lowest BCUT2D eigenvalue weighted by atomic mass is 10.2. The molecule has 5 heteroatoms. The number of aromatic nitrogens is 1. The molecular formula is C14H17N3O2. The molecule has 2 aromatic rings. The molecule has 0 saturated heterocycles. The minimum Gasteiger partial charge on any atom is -0.354 e. The highest BCUT2D eigenvalue weighted by atomic mass is 16.6. The van der Waals surface area contributed by atoms with Crippen molar-refractivity contribution in [3.63, 3.8) is 0 Å². The fourth-order valence-electron chi connectivity index (χ4n) is 1.92. The van der Waals surface area contributed by atoms with E-state index in [1.807, 2.05) is 12.3 Å². The van der Waals surface area contributed by atoms with Crippen LogP contribution in [-0.4, -0.2) is 9.49 Å². The summed E-state index contributed by atoms with van der Waals surface area (Å²) in [6.07, 6.45) is 4.14. The maximum Gasteiger partial charge on any atom is 0.269 e. The molecule has 0 saturated carbocycles. The van der Waals surface area contributed by atoms with E-state index in [0.717, 1.165) is 18.7 Å². The third-order valence-electron chi connectivity index (χ3n) is 2.96. The number of non-ortho nitro benzene ring substituents is 1. The number of hydrogen-bond donors (Lipinski definition) is 1. The van der Waals surface area contributed by atoms with Crippen LogP contribution in [0.1, 0.15) is 18.1 Å². The molecule has 1 aromatic carbocycles. The molecule has 0 fully saturated rings. The molecule has 1 heterocycles. The number of nitro groups is 1. The van der Waals surface area contributed by atoms with Crippen LogP contribution in [0.25, 0.3) is 0 Å². The standard InChI is InChI=1S/C14H17N3O2/c1-2-16-7-6-13(11-16)10-15-9-12-4-3-5-14(8-12)17(18)19/h3-8,11,15H,2,9-10H2,1H3. The number of nitrogens with zero attached hydrogens (tertiary/aromatic N) is 2. The predicted molar refractivity (Wildman–Crippen MR) is 73.7 cm³/mol. The van der Waals surface area contributed by atoms with Gasteiger partial charge >= 0.3 is 0 Å². The van der Waals surface area contributed by atoms with Crippen LogP contribution in [-0.2, 0) is 19.6 Å². The van der Waals surface area contributed by atoms with E-state index in [2.05, 4.69) is 29.1 Å². The molecule has 0 spiro atoms. The van der Waals surface area contributed by atoms with Crippen LogP contribution in [0.15, 0.2) is 42.7 Å². The predicted octanol–water partition coefficient (Wildman–Crippen LogP) is 2.71. The van der Waals surface area contributed by atoms with Gasteiger partial charge in [-0.2, -0.15) is 0 Å². The molecule has 2 rings (SSSR count). The van der Waals surface area contributed by atoms with Crippen LogP contribution in [0, 0.1) is 10.1 Å². The number of benzene rings is 1. The minimum absolute atomic E-state index is 0.136. The van der Waals surface area contributed by atoms with E-state index in [1.54, 1.807) is 12.1 Å². The molecule has 19 heavy (non-hydrogen) atoms. The zero-order valence-electron chi connectivity index (χ0n) is 10.9. The Morgan fingerprint density at radius 2 is 2.05 bits per heavy atom. The van der Waals surface area contributed by atoms with E-state index < -0.39 is 0 Å². The second-order valence-corrected chi connectivity index (χ2v) is 4.38. The van der Waals surface area contributed by atoms with Crippen molar-refractivity contribution in [3.8, 4) is 0 Å². The van der Waals surface area contributed by atoms with Gasteiger partial charge < -0.3 is 9.88 Å². The maximum absolute atomic E-state index is 10.7. The van der Waals surface area contributed by atoms with Gasteiger partial charge in [-0.15, -0.1) is 0 Å². The Labute approximate surface area is 112 Å². The zero-order chi connectivity index (χ0) is 13.7. The number of rotatable bonds is 6. The van der Waals surface area contributed by atoms with Crippen LogP contribution in [0.3, 0.4) is 0 Å². The molecule has 0 atom stereocenters. The first-order chi connectivity index (χ1) is 9.19. The van der Waals surface area contributed by atoms with Crippen molar-refractivity contribution in [2.24, 2.45) is 0 Å². The Kier molecular flexibility index (Phi) is 4.30. The van der Waals surface area contributed by atoms with Gasteiger partial charge in [0.25, 0.3) is 5.69 Å². The Morgan fingerprint density at radius 3 is 2.74 bits per heavy atom. The Bertz CT molecular complexity index is 563. The van der Waals surface area contributed by atoms with Crippen LogP contribution < -0.4 is 5.32 Å². The Morgan fingerprint density at radius 1 is 1.26 bits per heavy atom. The van der Waals surface area contributed by atoms with Crippen molar-refractivity contribution in [3.05, 3.63) is 64.0 Å². The average Bonchev–Trinajstić information content (AvgIpc) is 2.87. The Hall–Kier alpha value is -2.14. The number of nitro benzene ring substituents is 1. The summed E-state index contributed by atoms with van der Waals surface area (Å²) >= 11 is 0. The second kappa shape index (κ2) is 6.15. The molecule has 1 N–H and O–H groups in total. The molecule has 1 aromatic heterocycles. The number of aryl methyl sites for hydroxylation is 1. The highest BCUT2D eigenvalue weighted by molar-refractivity contribution is 5.34. The van der Waals surface area contributed by atoms with Gasteiger partial charge in [0, 0.05) is 44.2 Å². The molecule has 0 bridgehead atoms. The smallest absolute Gasteiger partial charge is 0.269 e. The first-order valence-electron chi connectivity index (χ1n) is 6.27. The van der Waals surface area contributed by atoms with Crippen molar-refractivity contribution >= 4 is 5.69 Å². The van der Waals surface area contributed by atoms with Gasteiger partial charge in [0.05, 0.1) is 4.92 Å². The highest BCUT2D eigenvalue weighted by Crippen LogP contribution is 2.13. The average molecular weight is 259 g/mol. The van der Waals surface area contributed by atoms with Gasteiger partial charge in [0.15, 0.2) is 0 Å². The second-order valence-electron chi connectivity index (χ2n) is 4.38. The molecule has 0 aliphatic heterocycles. The summed E-state index contributed by atoms with van der Waals surface area (Å²) < 4.78 is 2.12. The molecule has 0 aliphatic rings. The fourth-order valence-corrected chi connectivity index (χ4v) is 1.92. The van der Waals surface area contributed by atoms with Crippen molar-refractivity contribution in [1.82, 2.24) is 9.88 Å². The van der Waals surface area contributed by atoms with Crippen molar-refractivity contribution < 1.29 is 4.92 Å². The van der Waals surface area contributed by atoms with Gasteiger partial charge in [-0.1, -0.05) is 12.1 Å². The van der Waals surface area contributed by atoms with Crippen LogP contribution in [0.2, 0.25) is 0 Å². The maximum atomic E-state index is 10.7. The topological polar surface area (TPSA) is 60.1 Å². The Balaban J connectivity index is 1.88. The van der Waals surface area contributed by atoms with Crippen molar-refractivity contribution in [2.45, 2.75) is 26.6 Å². The molecule has 5 nitrogen and oxygen atoms in total. The summed E-state index contributed by atoms with van der Waals surface area (Å²) in [6.45, 7) is 4.44. The monoisotopic (exact) mass is 259 g/mol. The summed E-state index contributed by atoms with van der Waals surface area (Å²) in [4.78, 5) is 10.3. The normalized spacial score (nSPS) is 10.6. The molecule has 0 aliphatic carbocycles. The summed E-state index contributed by atoms with van der Waals surface area (Å²) in [5.41, 5.74) is 2.27. The molecule has 0 amide bonds. The summed E-state index contributed by atoms with van der Waals surface area (Å²) in [6, 6.07) is 8.78. The van der Waals surface area contributed by atoms with E-state index >= 15 is 0 Å². The highest BCUT2D eigenvalue weighted by Gasteiger charge is 2.05. The third kappa shape index (κ3) is 3.66. The van der Waals surface area contributed by atoms with Crippen molar-refractivity contribution in [1.29, 1.82) is 0 Å². The van der Waals surface area contributed by atoms with Crippen molar-refractivity contribution in [2.75, 3.05) is 0 Å². The first-order valence-corrected chi connectivity index (χ1v) is 6.27. The molecule has 0 unspecified atom stereocenters. The van der Waals surface area contributed by atoms with Crippen LogP contribution >= 0.6 is 0 Å². The largest absolute Gasteiger partial charge is 0.354 e. The minimum atomic E-state index is -0.370. The molecular weight excluding hydrogens is 242 g/mol. The summed E-state index contributed by atoms with van der Waals surface area (Å²) in [5, 5.41) is 14.0. The fraction of sp³-hybridized carbons (Fsp3) is 0.286. The molecule has 0 radical (unpaired) electrons. The van der Waals surface area contributed by atoms with Gasteiger partial charge in [0.2, 0.25) is 0 Å². The first kappa shape index (κ1) is 13.3. The van der Waals surface area contributed by atoms with E-state index in [9.17, 15) is 10.1 Å². The number of nitrogens with one attached hydrogen (secondary N) is 1. The quantitative estimate of drug-likeness (QED) is 0.641. The SMILES string of the molecule is CCn1ccc(CNCc2cccc([N+](=O)[O-])c2)c1. The summed E-state index contributed by atoms with van der Waals surface area (Å²) in [7, 11) is 0. The lowest BCUT2D eigenvalue weighted by Crippen LogP contribution is -2.12. The van der Waals surface area contributed by atoms with Gasteiger partial charge in [-0.3, -0.25) is 10.1 Å². The number of hydrogen-bond acceptors (Lipinski definition) is 3. The lowest BCUT2D eigenvalue weighted by molar-refractivity contribution is -0.384. The third-order valence-corrected chi connectivity index (χ3v) is 2.96. The van der Waals surface area contributed by atoms with E-state index in [1.165, 1.54) is 11.6 Å². The van der Waals surface area contributed by atoms with Crippen LogP contribution in [0.5, 0.6) is 0 Å². The summed E-state index contributed by atoms with van der Waals surface area (Å²) in [5.74, 6) is 0. The van der Waals surface area contributed by atoms with E-state index in [4.69, 9.17) is 0 Å². The van der Waals surface area contributed by atoms with E-state index in [-0.39, 0.29) is 10.6 Å². The lowest BCUT2D eigenvalue weighted by Gasteiger charge is -2.03. The van der Waals surface area contributed by atoms with Gasteiger partial charge in [0.1, 0.15) is 0 Å². The zero-order valence-corrected chi connectivity index (χ0v) is 10.9. The van der Waals surface area contributed by atoms with Crippen LogP contribution in [0.4, 0.5) is 5.69 Å². The van der Waals surface area contributed by atoms with Gasteiger partial charge in [-0.05, 0) is 24.1 Å². The van der Waals surface area contributed by atoms with Gasteiger partial charge in [-0.25, -0.2) is 0 Å². The van der Waals surface area contributed by atoms with E-state index in [0.29, 0.717) is 6.54 Å².